The van der Waals surface area contributed by atoms with Crippen LogP contribution < -0.4 is 11.1 Å². The molecule has 1 heterocycles. The van der Waals surface area contributed by atoms with Crippen LogP contribution in [0.4, 0.5) is 0 Å². The monoisotopic (exact) mass is 259 g/mol. The van der Waals surface area contributed by atoms with Gasteiger partial charge in [0.05, 0.1) is 17.0 Å². The van der Waals surface area contributed by atoms with Crippen molar-refractivity contribution in [3.8, 4) is 6.07 Å². The van der Waals surface area contributed by atoms with Crippen LogP contribution in [0.15, 0.2) is 27.4 Å². The van der Waals surface area contributed by atoms with Gasteiger partial charge in [0.25, 0.3) is 0 Å². The van der Waals surface area contributed by atoms with E-state index in [-0.39, 0.29) is 5.41 Å². The van der Waals surface area contributed by atoms with Crippen LogP contribution in [0.3, 0.4) is 0 Å². The molecule has 0 radical (unpaired) electrons. The van der Waals surface area contributed by atoms with E-state index in [0.717, 1.165) is 24.0 Å². The molecular formula is C14H17N3O2. The van der Waals surface area contributed by atoms with E-state index in [9.17, 15) is 4.79 Å². The van der Waals surface area contributed by atoms with Gasteiger partial charge in [-0.25, -0.2) is 4.79 Å². The van der Waals surface area contributed by atoms with Gasteiger partial charge in [-0.3, -0.25) is 4.98 Å². The van der Waals surface area contributed by atoms with E-state index in [1.807, 2.05) is 26.0 Å². The van der Waals surface area contributed by atoms with Crippen molar-refractivity contribution in [1.82, 2.24) is 10.3 Å². The van der Waals surface area contributed by atoms with Gasteiger partial charge in [0.15, 0.2) is 5.58 Å². The van der Waals surface area contributed by atoms with Gasteiger partial charge in [0.1, 0.15) is 0 Å². The minimum atomic E-state index is -0.430. The lowest BCUT2D eigenvalue weighted by molar-refractivity contribution is 0.447. The second kappa shape index (κ2) is 5.29. The number of oxazole rings is 1. The molecular weight excluding hydrogens is 242 g/mol. The normalized spacial score (nSPS) is 11.6. The summed E-state index contributed by atoms with van der Waals surface area (Å²) in [4.78, 5) is 13.7. The Bertz CT molecular complexity index is 661. The van der Waals surface area contributed by atoms with Crippen molar-refractivity contribution >= 4 is 11.1 Å². The molecule has 0 bridgehead atoms. The summed E-state index contributed by atoms with van der Waals surface area (Å²) in [5, 5.41) is 12.2. The summed E-state index contributed by atoms with van der Waals surface area (Å²) < 4.78 is 4.94. The molecule has 1 aromatic carbocycles. The predicted molar refractivity (Wildman–Crippen MR) is 72.8 cm³/mol. The van der Waals surface area contributed by atoms with Gasteiger partial charge in [0.2, 0.25) is 0 Å². The van der Waals surface area contributed by atoms with E-state index in [1.54, 1.807) is 6.07 Å². The molecule has 0 aliphatic carbocycles. The van der Waals surface area contributed by atoms with Crippen molar-refractivity contribution in [2.24, 2.45) is 5.41 Å². The van der Waals surface area contributed by atoms with Crippen LogP contribution in [0.2, 0.25) is 0 Å². The van der Waals surface area contributed by atoms with Crippen LogP contribution in [0.5, 0.6) is 0 Å². The van der Waals surface area contributed by atoms with Gasteiger partial charge in [-0.15, -0.1) is 0 Å². The number of hydrogen-bond acceptors (Lipinski definition) is 4. The molecule has 1 aromatic heterocycles. The number of rotatable bonds is 5. The van der Waals surface area contributed by atoms with E-state index in [0.29, 0.717) is 12.1 Å². The zero-order valence-corrected chi connectivity index (χ0v) is 11.1. The van der Waals surface area contributed by atoms with Crippen LogP contribution >= 0.6 is 0 Å². The molecule has 5 nitrogen and oxygen atoms in total. The molecule has 19 heavy (non-hydrogen) atoms. The van der Waals surface area contributed by atoms with Gasteiger partial charge in [-0.2, -0.15) is 5.26 Å². The maximum atomic E-state index is 11.0. The van der Waals surface area contributed by atoms with Crippen molar-refractivity contribution in [2.45, 2.75) is 20.3 Å². The van der Waals surface area contributed by atoms with E-state index < -0.39 is 5.76 Å². The summed E-state index contributed by atoms with van der Waals surface area (Å²) in [5.74, 6) is -0.430. The first-order valence-corrected chi connectivity index (χ1v) is 6.24. The number of aromatic amines is 1. The molecule has 0 saturated heterocycles. The average Bonchev–Trinajstić information content (AvgIpc) is 2.74. The summed E-state index contributed by atoms with van der Waals surface area (Å²) in [6.45, 7) is 5.26. The first-order valence-electron chi connectivity index (χ1n) is 6.24. The maximum Gasteiger partial charge on any atom is 0.417 e. The van der Waals surface area contributed by atoms with Gasteiger partial charge < -0.3 is 9.73 Å². The highest BCUT2D eigenvalue weighted by atomic mass is 16.4. The highest BCUT2D eigenvalue weighted by Crippen LogP contribution is 2.13. The molecule has 0 unspecified atom stereocenters. The Morgan fingerprint density at radius 1 is 1.47 bits per heavy atom. The van der Waals surface area contributed by atoms with E-state index in [4.69, 9.17) is 9.68 Å². The fourth-order valence-electron chi connectivity index (χ4n) is 1.83. The molecule has 2 aromatic rings. The number of nitriles is 1. The van der Waals surface area contributed by atoms with E-state index >= 15 is 0 Å². The van der Waals surface area contributed by atoms with E-state index in [1.165, 1.54) is 0 Å². The number of benzene rings is 1. The third-order valence-electron chi connectivity index (χ3n) is 2.94. The van der Waals surface area contributed by atoms with Gasteiger partial charge >= 0.3 is 5.76 Å². The molecule has 0 saturated carbocycles. The van der Waals surface area contributed by atoms with Crippen LogP contribution in [0.25, 0.3) is 11.1 Å². The van der Waals surface area contributed by atoms with Crippen molar-refractivity contribution < 1.29 is 4.42 Å². The topological polar surface area (TPSA) is 81.8 Å². The fourth-order valence-corrected chi connectivity index (χ4v) is 1.83. The van der Waals surface area contributed by atoms with Crippen LogP contribution in [-0.2, 0) is 6.42 Å². The minimum Gasteiger partial charge on any atom is -0.408 e. The summed E-state index contributed by atoms with van der Waals surface area (Å²) in [5.41, 5.74) is 2.07. The second-order valence-corrected chi connectivity index (χ2v) is 5.27. The molecule has 0 aliphatic heterocycles. The first-order chi connectivity index (χ1) is 9.00. The van der Waals surface area contributed by atoms with Crippen molar-refractivity contribution in [2.75, 3.05) is 13.1 Å². The summed E-state index contributed by atoms with van der Waals surface area (Å²) in [6, 6.07) is 7.90. The lowest BCUT2D eigenvalue weighted by Gasteiger charge is -2.15. The third-order valence-corrected chi connectivity index (χ3v) is 2.94. The van der Waals surface area contributed by atoms with Crippen molar-refractivity contribution in [1.29, 1.82) is 5.26 Å². The number of nitrogens with zero attached hydrogens (tertiary/aromatic N) is 1. The molecule has 0 fully saturated rings. The Morgan fingerprint density at radius 2 is 2.26 bits per heavy atom. The van der Waals surface area contributed by atoms with Gasteiger partial charge in [-0.05, 0) is 44.5 Å². The lowest BCUT2D eigenvalue weighted by Crippen LogP contribution is -2.29. The Labute approximate surface area is 111 Å². The molecule has 100 valence electrons. The van der Waals surface area contributed by atoms with Crippen LogP contribution in [0.1, 0.15) is 19.4 Å². The zero-order valence-electron chi connectivity index (χ0n) is 11.1. The minimum absolute atomic E-state index is 0.347. The summed E-state index contributed by atoms with van der Waals surface area (Å²) in [7, 11) is 0. The number of H-pyrrole nitrogens is 1. The third kappa shape index (κ3) is 3.46. The summed E-state index contributed by atoms with van der Waals surface area (Å²) >= 11 is 0. The Hall–Kier alpha value is -2.06. The highest BCUT2D eigenvalue weighted by Gasteiger charge is 2.15. The predicted octanol–water partition coefficient (Wildman–Crippen LogP) is 1.80. The molecule has 5 heteroatoms. The molecule has 0 atom stereocenters. The van der Waals surface area contributed by atoms with Crippen LogP contribution in [0, 0.1) is 16.7 Å². The molecule has 2 rings (SSSR count). The standard InChI is InChI=1S/C14H17N3O2/c1-14(2,8-15)9-16-6-5-10-3-4-12-11(7-10)17-13(18)19-12/h3-4,7,16H,5-6,9H2,1-2H3,(H,17,18). The molecule has 0 aliphatic rings. The van der Waals surface area contributed by atoms with Crippen molar-refractivity contribution in [3.05, 3.63) is 34.3 Å². The van der Waals surface area contributed by atoms with Gasteiger partial charge in [-0.1, -0.05) is 6.07 Å². The quantitative estimate of drug-likeness (QED) is 0.802. The lowest BCUT2D eigenvalue weighted by atomic mass is 9.96. The number of fused-ring (bicyclic) bond motifs is 1. The van der Waals surface area contributed by atoms with Crippen LogP contribution in [-0.4, -0.2) is 18.1 Å². The zero-order chi connectivity index (χ0) is 13.9. The smallest absolute Gasteiger partial charge is 0.408 e. The Balaban J connectivity index is 1.92. The SMILES string of the molecule is CC(C)(C#N)CNCCc1ccc2oc(=O)[nH]c2c1. The second-order valence-electron chi connectivity index (χ2n) is 5.27. The van der Waals surface area contributed by atoms with E-state index in [2.05, 4.69) is 16.4 Å². The molecule has 0 amide bonds. The van der Waals surface area contributed by atoms with Gasteiger partial charge in [0, 0.05) is 6.54 Å². The molecule has 0 spiro atoms. The molecule has 2 N–H and O–H groups in total. The average molecular weight is 259 g/mol. The highest BCUT2D eigenvalue weighted by molar-refractivity contribution is 5.72. The number of nitrogens with one attached hydrogen (secondary N) is 2. The Morgan fingerprint density at radius 3 is 3.00 bits per heavy atom. The first kappa shape index (κ1) is 13.4. The van der Waals surface area contributed by atoms with Crippen molar-refractivity contribution in [3.63, 3.8) is 0 Å². The Kier molecular flexibility index (Phi) is 3.72. The largest absolute Gasteiger partial charge is 0.417 e. The summed E-state index contributed by atoms with van der Waals surface area (Å²) in [6.07, 6.45) is 0.838. The fraction of sp³-hybridized carbons (Fsp3) is 0.429. The maximum absolute atomic E-state index is 11.0. The number of hydrogen-bond donors (Lipinski definition) is 2. The number of aromatic nitrogens is 1.